The average Bonchev–Trinajstić information content (AvgIpc) is 3.69. The molecular weight excluding hydrogens is 687 g/mol. The monoisotopic (exact) mass is 725 g/mol. The molecule has 0 N–H and O–H groups in total. The van der Waals surface area contributed by atoms with E-state index >= 15 is 0 Å². The van der Waals surface area contributed by atoms with Crippen LogP contribution in [0.1, 0.15) is 33.4 Å². The van der Waals surface area contributed by atoms with Crippen LogP contribution in [-0.2, 0) is 0 Å². The van der Waals surface area contributed by atoms with Gasteiger partial charge in [-0.3, -0.25) is 9.97 Å². The van der Waals surface area contributed by atoms with E-state index in [-0.39, 0.29) is 0 Å². The minimum absolute atomic E-state index is 0.491. The van der Waals surface area contributed by atoms with Gasteiger partial charge < -0.3 is 9.13 Å². The van der Waals surface area contributed by atoms with Gasteiger partial charge >= 0.3 is 0 Å². The van der Waals surface area contributed by atoms with E-state index in [2.05, 4.69) is 128 Å². The van der Waals surface area contributed by atoms with Gasteiger partial charge in [0.1, 0.15) is 11.4 Å². The van der Waals surface area contributed by atoms with E-state index in [1.54, 1.807) is 0 Å². The molecule has 10 rings (SSSR count). The largest absolute Gasteiger partial charge is 0.309 e. The molecule has 0 aliphatic heterocycles. The van der Waals surface area contributed by atoms with Gasteiger partial charge in [-0.25, -0.2) is 15.0 Å². The van der Waals surface area contributed by atoms with Crippen LogP contribution in [0.2, 0.25) is 0 Å². The third kappa shape index (κ3) is 5.63. The van der Waals surface area contributed by atoms with E-state index in [9.17, 15) is 0 Å². The van der Waals surface area contributed by atoms with Crippen LogP contribution in [0.5, 0.6) is 0 Å². The van der Waals surface area contributed by atoms with Gasteiger partial charge in [0.15, 0.2) is 17.5 Å². The van der Waals surface area contributed by atoms with E-state index in [1.165, 1.54) is 43.8 Å². The Balaban J connectivity index is 1.31. The van der Waals surface area contributed by atoms with Gasteiger partial charge in [-0.1, -0.05) is 58.7 Å². The Labute approximate surface area is 325 Å². The van der Waals surface area contributed by atoms with Crippen molar-refractivity contribution >= 4 is 43.6 Å². The van der Waals surface area contributed by atoms with E-state index in [0.29, 0.717) is 28.9 Å². The molecule has 7 nitrogen and oxygen atoms in total. The first-order valence-corrected chi connectivity index (χ1v) is 19.0. The molecule has 0 aliphatic carbocycles. The number of aryl methyl sites for hydroxylation is 6. The van der Waals surface area contributed by atoms with Crippen molar-refractivity contribution in [1.29, 1.82) is 0 Å². The summed E-state index contributed by atoms with van der Waals surface area (Å²) in [4.78, 5) is 24.7. The first-order chi connectivity index (χ1) is 27.2. The quantitative estimate of drug-likeness (QED) is 0.177. The molecule has 0 aliphatic rings. The van der Waals surface area contributed by atoms with Gasteiger partial charge in [-0.2, -0.15) is 0 Å². The Morgan fingerprint density at radius 2 is 0.679 bits per heavy atom. The number of nitrogens with zero attached hydrogens (tertiary/aromatic N) is 7. The molecule has 0 amide bonds. The predicted molar refractivity (Wildman–Crippen MR) is 229 cm³/mol. The Kier molecular flexibility index (Phi) is 7.68. The normalized spacial score (nSPS) is 11.8. The van der Waals surface area contributed by atoms with Gasteiger partial charge in [-0.05, 0) is 132 Å². The summed E-state index contributed by atoms with van der Waals surface area (Å²) < 4.78 is 4.76. The Morgan fingerprint density at radius 3 is 1.02 bits per heavy atom. The molecule has 0 atom stereocenters. The van der Waals surface area contributed by atoms with Crippen molar-refractivity contribution in [3.8, 4) is 45.8 Å². The van der Waals surface area contributed by atoms with E-state index in [4.69, 9.17) is 24.9 Å². The smallest absolute Gasteiger partial charge is 0.182 e. The van der Waals surface area contributed by atoms with Crippen LogP contribution in [0.4, 0.5) is 0 Å². The molecular formula is C49H39N7. The summed E-state index contributed by atoms with van der Waals surface area (Å²) in [5.74, 6) is 1.52. The lowest BCUT2D eigenvalue weighted by Crippen LogP contribution is -2.04. The second-order valence-electron chi connectivity index (χ2n) is 15.2. The van der Waals surface area contributed by atoms with Crippen LogP contribution in [0.15, 0.2) is 128 Å². The molecule has 5 aromatic carbocycles. The van der Waals surface area contributed by atoms with Crippen molar-refractivity contribution in [3.05, 3.63) is 161 Å². The lowest BCUT2D eigenvalue weighted by Gasteiger charge is -2.16. The summed E-state index contributed by atoms with van der Waals surface area (Å²) in [5.41, 5.74) is 15.8. The number of aromatic nitrogens is 7. The molecule has 5 heterocycles. The third-order valence-corrected chi connectivity index (χ3v) is 10.7. The second kappa shape index (κ2) is 12.8. The number of hydrogen-bond acceptors (Lipinski definition) is 5. The number of hydrogen-bond donors (Lipinski definition) is 0. The van der Waals surface area contributed by atoms with Crippen molar-refractivity contribution in [1.82, 2.24) is 34.1 Å². The van der Waals surface area contributed by atoms with Crippen LogP contribution in [-0.4, -0.2) is 34.1 Å². The highest BCUT2D eigenvalue weighted by Crippen LogP contribution is 2.39. The first kappa shape index (κ1) is 33.6. The Morgan fingerprint density at radius 1 is 0.339 bits per heavy atom. The highest BCUT2D eigenvalue weighted by atomic mass is 15.1. The molecule has 0 radical (unpaired) electrons. The van der Waals surface area contributed by atoms with Crippen LogP contribution in [0, 0.1) is 41.5 Å². The van der Waals surface area contributed by atoms with Crippen molar-refractivity contribution in [2.75, 3.05) is 0 Å². The molecule has 0 unspecified atom stereocenters. The van der Waals surface area contributed by atoms with Crippen molar-refractivity contribution in [2.24, 2.45) is 0 Å². The van der Waals surface area contributed by atoms with Crippen LogP contribution < -0.4 is 0 Å². The van der Waals surface area contributed by atoms with Crippen LogP contribution >= 0.6 is 0 Å². The molecule has 10 aromatic rings. The van der Waals surface area contributed by atoms with Gasteiger partial charge in [-0.15, -0.1) is 0 Å². The topological polar surface area (TPSA) is 74.3 Å². The fourth-order valence-electron chi connectivity index (χ4n) is 7.98. The predicted octanol–water partition coefficient (Wildman–Crippen LogP) is 11.7. The molecule has 5 aromatic heterocycles. The maximum atomic E-state index is 5.16. The second-order valence-corrected chi connectivity index (χ2v) is 15.2. The maximum absolute atomic E-state index is 5.16. The fraction of sp³-hybridized carbons (Fsp3) is 0.122. The lowest BCUT2D eigenvalue weighted by molar-refractivity contribution is 1.04. The summed E-state index contributed by atoms with van der Waals surface area (Å²) >= 11 is 0. The van der Waals surface area contributed by atoms with Crippen LogP contribution in [0.3, 0.4) is 0 Å². The van der Waals surface area contributed by atoms with E-state index in [0.717, 1.165) is 50.1 Å². The summed E-state index contributed by atoms with van der Waals surface area (Å²) in [6.07, 6.45) is 3.69. The van der Waals surface area contributed by atoms with E-state index in [1.807, 2.05) is 50.5 Å². The summed E-state index contributed by atoms with van der Waals surface area (Å²) in [7, 11) is 0. The zero-order chi connectivity index (χ0) is 38.2. The molecule has 7 heteroatoms. The molecule has 0 saturated carbocycles. The Hall–Kier alpha value is -6.99. The van der Waals surface area contributed by atoms with Crippen LogP contribution in [0.25, 0.3) is 89.4 Å². The van der Waals surface area contributed by atoms with Crippen molar-refractivity contribution in [2.45, 2.75) is 41.5 Å². The summed E-state index contributed by atoms with van der Waals surface area (Å²) in [6, 6.07) is 41.6. The van der Waals surface area contributed by atoms with E-state index < -0.39 is 0 Å². The Bertz CT molecular complexity index is 2860. The van der Waals surface area contributed by atoms with Gasteiger partial charge in [0.2, 0.25) is 0 Å². The minimum atomic E-state index is 0.491. The SMILES string of the molecule is Cc1ccc(-c2nc(-c3cc(-n4c5ccc(C)cc5c5cc(C)ccc54)cc(-n4c5ccc(C)cc5c5cc(C)ccc54)c3)nc(-c3ccc(C)cn3)n2)nc1. The van der Waals surface area contributed by atoms with Crippen molar-refractivity contribution < 1.29 is 0 Å². The third-order valence-electron chi connectivity index (χ3n) is 10.7. The molecule has 0 fully saturated rings. The summed E-state index contributed by atoms with van der Waals surface area (Å²) in [6.45, 7) is 12.7. The molecule has 56 heavy (non-hydrogen) atoms. The van der Waals surface area contributed by atoms with Crippen molar-refractivity contribution in [3.63, 3.8) is 0 Å². The highest BCUT2D eigenvalue weighted by Gasteiger charge is 2.20. The molecule has 0 spiro atoms. The van der Waals surface area contributed by atoms with Gasteiger partial charge in [0, 0.05) is 50.9 Å². The zero-order valence-corrected chi connectivity index (χ0v) is 32.3. The number of benzene rings is 5. The molecule has 0 bridgehead atoms. The molecule has 270 valence electrons. The average molecular weight is 726 g/mol. The standard InChI is InChI=1S/C49H39N7/c1-28-9-15-43-37(19-28)38-20-29(2)10-16-44(38)55(43)35-23-34(24-36(25-35)56-45-17-11-30(3)21-39(45)40-22-31(4)12-18-46(40)56)47-52-48(41-13-7-32(5)26-50-41)54-49(53-47)42-14-8-33(6)27-51-42/h7-27H,1-6H3. The molecule has 0 saturated heterocycles. The number of rotatable bonds is 5. The summed E-state index contributed by atoms with van der Waals surface area (Å²) in [5, 5.41) is 4.89. The lowest BCUT2D eigenvalue weighted by atomic mass is 10.1. The van der Waals surface area contributed by atoms with Gasteiger partial charge in [0.05, 0.1) is 22.1 Å². The first-order valence-electron chi connectivity index (χ1n) is 19.0. The maximum Gasteiger partial charge on any atom is 0.182 e. The number of fused-ring (bicyclic) bond motifs is 6. The highest BCUT2D eigenvalue weighted by molar-refractivity contribution is 6.11. The van der Waals surface area contributed by atoms with Gasteiger partial charge in [0.25, 0.3) is 0 Å². The number of pyridine rings is 2. The fourth-order valence-corrected chi connectivity index (χ4v) is 7.98. The zero-order valence-electron chi connectivity index (χ0n) is 32.3. The minimum Gasteiger partial charge on any atom is -0.309 e.